The Morgan fingerprint density at radius 2 is 2.00 bits per heavy atom. The lowest BCUT2D eigenvalue weighted by molar-refractivity contribution is -0.158. The molecule has 0 radical (unpaired) electrons. The van der Waals surface area contributed by atoms with Gasteiger partial charge in [0.1, 0.15) is 18.0 Å². The summed E-state index contributed by atoms with van der Waals surface area (Å²) in [6.45, 7) is 11.3. The first kappa shape index (κ1) is 26.2. The number of ketones is 1. The van der Waals surface area contributed by atoms with Crippen molar-refractivity contribution in [1.29, 1.82) is 0 Å². The van der Waals surface area contributed by atoms with Gasteiger partial charge in [0.05, 0.1) is 11.3 Å². The normalized spacial score (nSPS) is 35.2. The van der Waals surface area contributed by atoms with Gasteiger partial charge in [0.25, 0.3) is 0 Å². The van der Waals surface area contributed by atoms with Gasteiger partial charge in [-0.05, 0) is 85.3 Å². The van der Waals surface area contributed by atoms with Crippen molar-refractivity contribution >= 4 is 17.7 Å². The summed E-state index contributed by atoms with van der Waals surface area (Å²) in [5.41, 5.74) is 1.74. The highest BCUT2D eigenvalue weighted by Gasteiger charge is 2.62. The molecule has 1 saturated heterocycles. The summed E-state index contributed by atoms with van der Waals surface area (Å²) in [6, 6.07) is 0. The molecule has 2 bridgehead atoms. The molecule has 1 spiro atoms. The van der Waals surface area contributed by atoms with E-state index < -0.39 is 35.1 Å². The first-order valence-electron chi connectivity index (χ1n) is 13.0. The molecule has 4 aliphatic rings. The van der Waals surface area contributed by atoms with E-state index in [4.69, 9.17) is 14.2 Å². The van der Waals surface area contributed by atoms with Crippen molar-refractivity contribution in [3.8, 4) is 0 Å². The number of hydrogen-bond acceptors (Lipinski definition) is 6. The number of rotatable bonds is 5. The molecule has 6 nitrogen and oxygen atoms in total. The predicted octanol–water partition coefficient (Wildman–Crippen LogP) is 5.84. The summed E-state index contributed by atoms with van der Waals surface area (Å²) < 4.78 is 18.3. The third-order valence-electron chi connectivity index (χ3n) is 8.15. The molecular formula is C30H38O6. The predicted molar refractivity (Wildman–Crippen MR) is 137 cm³/mol. The Balaban J connectivity index is 1.77. The number of hydrogen-bond donors (Lipinski definition) is 0. The monoisotopic (exact) mass is 494 g/mol. The molecule has 0 saturated carbocycles. The lowest BCUT2D eigenvalue weighted by Gasteiger charge is -2.40. The van der Waals surface area contributed by atoms with Gasteiger partial charge < -0.3 is 14.2 Å². The largest absolute Gasteiger partial charge is 0.479 e. The van der Waals surface area contributed by atoms with E-state index in [0.29, 0.717) is 24.2 Å². The van der Waals surface area contributed by atoms with Crippen LogP contribution in [0.15, 0.2) is 58.4 Å². The Hall–Kier alpha value is -2.89. The second-order valence-corrected chi connectivity index (χ2v) is 11.1. The molecule has 0 unspecified atom stereocenters. The van der Waals surface area contributed by atoms with Gasteiger partial charge in [0, 0.05) is 18.1 Å². The third-order valence-corrected chi connectivity index (χ3v) is 8.15. The highest BCUT2D eigenvalue weighted by Crippen LogP contribution is 2.55. The van der Waals surface area contributed by atoms with Crippen molar-refractivity contribution in [2.24, 2.45) is 11.3 Å². The van der Waals surface area contributed by atoms with Crippen LogP contribution in [0.4, 0.5) is 0 Å². The minimum Gasteiger partial charge on any atom is -0.479 e. The zero-order valence-corrected chi connectivity index (χ0v) is 22.3. The Bertz CT molecular complexity index is 1110. The fourth-order valence-corrected chi connectivity index (χ4v) is 6.00. The average Bonchev–Trinajstić information content (AvgIpc) is 3.25. The van der Waals surface area contributed by atoms with Crippen LogP contribution in [-0.2, 0) is 28.6 Å². The van der Waals surface area contributed by atoms with E-state index in [1.165, 1.54) is 17.2 Å². The quantitative estimate of drug-likeness (QED) is 0.271. The molecule has 0 amide bonds. The summed E-state index contributed by atoms with van der Waals surface area (Å²) in [7, 11) is 0. The molecule has 6 heteroatoms. The van der Waals surface area contributed by atoms with Gasteiger partial charge in [-0.15, -0.1) is 0 Å². The van der Waals surface area contributed by atoms with E-state index in [2.05, 4.69) is 26.0 Å². The van der Waals surface area contributed by atoms with Crippen LogP contribution in [0.3, 0.4) is 0 Å². The van der Waals surface area contributed by atoms with Crippen LogP contribution in [0.2, 0.25) is 0 Å². The Morgan fingerprint density at radius 1 is 1.25 bits per heavy atom. The van der Waals surface area contributed by atoms with E-state index in [-0.39, 0.29) is 18.2 Å². The second kappa shape index (κ2) is 9.87. The molecule has 194 valence electrons. The van der Waals surface area contributed by atoms with Crippen LogP contribution in [0, 0.1) is 11.3 Å². The SMILES string of the molecule is C/C=C(/C)C(=O)O[C@@H]1C[C@@]2(C)OC(=CC2=O)/C(C)=C\[C@H]2OC(=O)[C@]3(CCC=C(CCC=C(C)C)C3)[C@@H]21. The van der Waals surface area contributed by atoms with Crippen LogP contribution in [0.1, 0.15) is 80.1 Å². The van der Waals surface area contributed by atoms with Crippen LogP contribution < -0.4 is 0 Å². The summed E-state index contributed by atoms with van der Waals surface area (Å²) >= 11 is 0. The maximum atomic E-state index is 13.7. The third kappa shape index (κ3) is 4.74. The zero-order valence-electron chi connectivity index (χ0n) is 22.3. The van der Waals surface area contributed by atoms with Gasteiger partial charge in [-0.25, -0.2) is 4.79 Å². The molecule has 0 aromatic carbocycles. The van der Waals surface area contributed by atoms with Crippen LogP contribution >= 0.6 is 0 Å². The number of ether oxygens (including phenoxy) is 3. The summed E-state index contributed by atoms with van der Waals surface area (Å²) in [5.74, 6) is -0.780. The maximum absolute atomic E-state index is 13.7. The van der Waals surface area contributed by atoms with Crippen molar-refractivity contribution in [2.45, 2.75) is 97.9 Å². The van der Waals surface area contributed by atoms with Crippen LogP contribution in [-0.4, -0.2) is 35.5 Å². The Kier molecular flexibility index (Phi) is 7.18. The molecule has 1 fully saturated rings. The first-order valence-corrected chi connectivity index (χ1v) is 13.0. The topological polar surface area (TPSA) is 78.9 Å². The van der Waals surface area contributed by atoms with Gasteiger partial charge in [-0.1, -0.05) is 29.4 Å². The standard InChI is InChI=1S/C30H38O6/c1-7-19(4)27(32)34-24-17-29(6)25(31)15-22(36-29)20(5)14-23-26(24)30(28(33)35-23)13-9-12-21(16-30)11-8-10-18(2)3/h7,10,12,14-15,23-24,26H,8-9,11,13,16-17H2,1-6H3/b19-7-,20-14-/t23-,24-,26+,29-,30+/m1/s1. The highest BCUT2D eigenvalue weighted by atomic mass is 16.6. The maximum Gasteiger partial charge on any atom is 0.333 e. The van der Waals surface area contributed by atoms with E-state index in [9.17, 15) is 14.4 Å². The van der Waals surface area contributed by atoms with Crippen LogP contribution in [0.25, 0.3) is 0 Å². The highest BCUT2D eigenvalue weighted by molar-refractivity contribution is 6.00. The van der Waals surface area contributed by atoms with Gasteiger partial charge in [-0.2, -0.15) is 0 Å². The number of allylic oxidation sites excluding steroid dienone is 6. The molecular weight excluding hydrogens is 456 g/mol. The molecule has 5 atom stereocenters. The smallest absolute Gasteiger partial charge is 0.333 e. The lowest BCUT2D eigenvalue weighted by atomic mass is 9.62. The molecule has 1 aliphatic carbocycles. The van der Waals surface area contributed by atoms with Crippen molar-refractivity contribution in [3.05, 3.63) is 58.4 Å². The van der Waals surface area contributed by atoms with Crippen molar-refractivity contribution in [1.82, 2.24) is 0 Å². The number of fused-ring (bicyclic) bond motifs is 4. The van der Waals surface area contributed by atoms with Crippen molar-refractivity contribution < 1.29 is 28.6 Å². The molecule has 3 aliphatic heterocycles. The van der Waals surface area contributed by atoms with E-state index in [1.54, 1.807) is 26.8 Å². The van der Waals surface area contributed by atoms with Crippen molar-refractivity contribution in [2.75, 3.05) is 0 Å². The number of carbonyl (C=O) groups is 3. The molecule has 0 aromatic heterocycles. The fourth-order valence-electron chi connectivity index (χ4n) is 6.00. The zero-order chi connectivity index (χ0) is 26.3. The summed E-state index contributed by atoms with van der Waals surface area (Å²) in [4.78, 5) is 39.7. The van der Waals surface area contributed by atoms with Gasteiger partial charge in [0.15, 0.2) is 5.60 Å². The van der Waals surface area contributed by atoms with Gasteiger partial charge in [-0.3, -0.25) is 9.59 Å². The van der Waals surface area contributed by atoms with Crippen molar-refractivity contribution in [3.63, 3.8) is 0 Å². The second-order valence-electron chi connectivity index (χ2n) is 11.1. The van der Waals surface area contributed by atoms with Crippen LogP contribution in [0.5, 0.6) is 0 Å². The lowest BCUT2D eigenvalue weighted by Crippen LogP contribution is -2.48. The molecule has 36 heavy (non-hydrogen) atoms. The van der Waals surface area contributed by atoms with Gasteiger partial charge in [0.2, 0.25) is 5.78 Å². The number of carbonyl (C=O) groups excluding carboxylic acids is 3. The fraction of sp³-hybridized carbons (Fsp3) is 0.567. The minimum atomic E-state index is -1.17. The Labute approximate surface area is 214 Å². The van der Waals surface area contributed by atoms with E-state index >= 15 is 0 Å². The molecule has 0 N–H and O–H groups in total. The molecule has 3 heterocycles. The van der Waals surface area contributed by atoms with E-state index in [0.717, 1.165) is 24.8 Å². The molecule has 4 rings (SSSR count). The Morgan fingerprint density at radius 3 is 2.69 bits per heavy atom. The minimum absolute atomic E-state index is 0.155. The number of esters is 2. The molecule has 0 aromatic rings. The summed E-state index contributed by atoms with van der Waals surface area (Å²) in [6.07, 6.45) is 12.1. The summed E-state index contributed by atoms with van der Waals surface area (Å²) in [5, 5.41) is 0. The van der Waals surface area contributed by atoms with E-state index in [1.807, 2.05) is 13.0 Å². The van der Waals surface area contributed by atoms with Gasteiger partial charge >= 0.3 is 11.9 Å². The average molecular weight is 495 g/mol. The first-order chi connectivity index (χ1) is 17.0.